The van der Waals surface area contributed by atoms with Crippen molar-refractivity contribution in [2.75, 3.05) is 6.67 Å². The molecule has 0 nitrogen and oxygen atoms in total. The van der Waals surface area contributed by atoms with Gasteiger partial charge in [-0.05, 0) is 92.2 Å². The molecule has 30 heavy (non-hydrogen) atoms. The zero-order valence-corrected chi connectivity index (χ0v) is 20.0. The summed E-state index contributed by atoms with van der Waals surface area (Å²) in [6, 6.07) is 4.54. The van der Waals surface area contributed by atoms with E-state index in [-0.39, 0.29) is 6.67 Å². The van der Waals surface area contributed by atoms with Gasteiger partial charge in [-0.2, -0.15) is 3.89 Å². The number of halogens is 2. The Morgan fingerprint density at radius 2 is 1.90 bits per heavy atom. The molecule has 1 unspecified atom stereocenters. The molecule has 1 aromatic carbocycles. The van der Waals surface area contributed by atoms with Gasteiger partial charge in [-0.1, -0.05) is 63.0 Å². The third-order valence-electron chi connectivity index (χ3n) is 6.31. The van der Waals surface area contributed by atoms with Crippen LogP contribution in [-0.4, -0.2) is 6.67 Å². The van der Waals surface area contributed by atoms with Crippen LogP contribution in [0.5, 0.6) is 0 Å². The Balaban J connectivity index is 2.38. The van der Waals surface area contributed by atoms with E-state index >= 15 is 0 Å². The quantitative estimate of drug-likeness (QED) is 0.248. The van der Waals surface area contributed by atoms with E-state index in [9.17, 15) is 8.28 Å². The molecule has 0 amide bonds. The highest BCUT2D eigenvalue weighted by molar-refractivity contribution is 7.98. The third-order valence-corrected chi connectivity index (χ3v) is 6.92. The van der Waals surface area contributed by atoms with E-state index in [0.29, 0.717) is 24.5 Å². The van der Waals surface area contributed by atoms with Crippen molar-refractivity contribution in [3.8, 4) is 0 Å². The summed E-state index contributed by atoms with van der Waals surface area (Å²) in [5.41, 5.74) is 7.44. The highest BCUT2D eigenvalue weighted by Crippen LogP contribution is 2.39. The van der Waals surface area contributed by atoms with Crippen molar-refractivity contribution in [2.24, 2.45) is 5.92 Å². The fourth-order valence-corrected chi connectivity index (χ4v) is 4.83. The Morgan fingerprint density at radius 1 is 1.13 bits per heavy atom. The molecule has 166 valence electrons. The number of aryl methyl sites for hydroxylation is 3. The second kappa shape index (κ2) is 13.1. The van der Waals surface area contributed by atoms with Crippen molar-refractivity contribution in [1.82, 2.24) is 0 Å². The van der Waals surface area contributed by atoms with Gasteiger partial charge in [-0.25, -0.2) is 0 Å². The summed E-state index contributed by atoms with van der Waals surface area (Å²) in [4.78, 5) is 0.856. The van der Waals surface area contributed by atoms with Crippen molar-refractivity contribution < 1.29 is 8.28 Å². The maximum Gasteiger partial charge on any atom is 0.0894 e. The third kappa shape index (κ3) is 7.11. The Morgan fingerprint density at radius 3 is 2.57 bits per heavy atom. The summed E-state index contributed by atoms with van der Waals surface area (Å²) < 4.78 is 26.4. The number of hydrogen-bond donors (Lipinski definition) is 0. The van der Waals surface area contributed by atoms with E-state index in [1.807, 2.05) is 6.92 Å². The maximum absolute atomic E-state index is 14.0. The number of rotatable bonds is 11. The van der Waals surface area contributed by atoms with Gasteiger partial charge < -0.3 is 0 Å². The smallest absolute Gasteiger partial charge is 0.0894 e. The van der Waals surface area contributed by atoms with Gasteiger partial charge in [0.25, 0.3) is 0 Å². The first-order valence-corrected chi connectivity index (χ1v) is 12.3. The lowest BCUT2D eigenvalue weighted by Gasteiger charge is -2.18. The first-order chi connectivity index (χ1) is 14.5. The molecule has 0 N–H and O–H groups in total. The van der Waals surface area contributed by atoms with Crippen LogP contribution in [0.15, 0.2) is 40.8 Å². The van der Waals surface area contributed by atoms with Gasteiger partial charge >= 0.3 is 0 Å². The van der Waals surface area contributed by atoms with Gasteiger partial charge in [0.05, 0.1) is 18.8 Å². The molecule has 1 aliphatic carbocycles. The van der Waals surface area contributed by atoms with E-state index < -0.39 is 0 Å². The molecule has 0 bridgehead atoms. The van der Waals surface area contributed by atoms with Crippen LogP contribution in [-0.2, 0) is 6.42 Å². The predicted octanol–water partition coefficient (Wildman–Crippen LogP) is 9.42. The molecular weight excluding hydrogens is 394 g/mol. The van der Waals surface area contributed by atoms with E-state index in [1.54, 1.807) is 0 Å². The van der Waals surface area contributed by atoms with Gasteiger partial charge in [-0.15, -0.1) is 0 Å². The second-order valence-electron chi connectivity index (χ2n) is 8.60. The van der Waals surface area contributed by atoms with Crippen LogP contribution in [0.4, 0.5) is 8.28 Å². The minimum absolute atomic E-state index is 0.212. The van der Waals surface area contributed by atoms with Gasteiger partial charge in [0.2, 0.25) is 0 Å². The number of unbranched alkanes of at least 4 members (excludes halogenated alkanes) is 2. The molecule has 1 atom stereocenters. The molecule has 0 fully saturated rings. The summed E-state index contributed by atoms with van der Waals surface area (Å²) in [5, 5.41) is 0. The Labute approximate surface area is 187 Å². The molecule has 0 saturated carbocycles. The molecule has 3 heteroatoms. The van der Waals surface area contributed by atoms with Crippen LogP contribution in [0.3, 0.4) is 0 Å². The summed E-state index contributed by atoms with van der Waals surface area (Å²) in [7, 11) is 0. The highest BCUT2D eigenvalue weighted by Gasteiger charge is 2.19. The van der Waals surface area contributed by atoms with Gasteiger partial charge in [0.15, 0.2) is 0 Å². The van der Waals surface area contributed by atoms with Crippen LogP contribution in [0.1, 0.15) is 87.5 Å². The van der Waals surface area contributed by atoms with E-state index in [2.05, 4.69) is 51.1 Å². The van der Waals surface area contributed by atoms with Crippen molar-refractivity contribution in [3.05, 3.63) is 63.1 Å². The maximum atomic E-state index is 14.0. The number of fused-ring (bicyclic) bond motifs is 1. The zero-order chi connectivity index (χ0) is 21.9. The van der Waals surface area contributed by atoms with Crippen LogP contribution < -0.4 is 0 Å². The monoisotopic (exact) mass is 432 g/mol. The van der Waals surface area contributed by atoms with Crippen LogP contribution >= 0.6 is 12.1 Å². The number of hydrogen-bond acceptors (Lipinski definition) is 1. The molecular formula is C27H38F2S. The number of benzene rings is 1. The summed E-state index contributed by atoms with van der Waals surface area (Å²) in [6.07, 6.45) is 15.3. The molecule has 0 saturated heterocycles. The molecule has 0 aromatic heterocycles. The lowest BCUT2D eigenvalue weighted by molar-refractivity contribution is 0.413. The molecule has 1 aromatic rings. The summed E-state index contributed by atoms with van der Waals surface area (Å²) in [6.45, 7) is 8.37. The lowest BCUT2D eigenvalue weighted by Crippen LogP contribution is -2.01. The Kier molecular flexibility index (Phi) is 10.9. The fraction of sp³-hybridized carbons (Fsp3) is 0.556. The van der Waals surface area contributed by atoms with Crippen molar-refractivity contribution in [2.45, 2.75) is 85.5 Å². The Bertz CT molecular complexity index is 773. The SMILES string of the molecule is C/C=C\C(=C/C1=C(SF)CCCc2cc(C)c(C)cc21)CC(CC)CCCCCF. The average molecular weight is 433 g/mol. The zero-order valence-electron chi connectivity index (χ0n) is 19.2. The van der Waals surface area contributed by atoms with Crippen LogP contribution in [0.2, 0.25) is 0 Å². The van der Waals surface area contributed by atoms with E-state index in [1.165, 1.54) is 27.8 Å². The predicted molar refractivity (Wildman–Crippen MR) is 130 cm³/mol. The molecule has 2 rings (SSSR count). The van der Waals surface area contributed by atoms with Crippen molar-refractivity contribution in [1.29, 1.82) is 0 Å². The summed E-state index contributed by atoms with van der Waals surface area (Å²) in [5.74, 6) is 0.583. The fourth-order valence-electron chi connectivity index (χ4n) is 4.36. The summed E-state index contributed by atoms with van der Waals surface area (Å²) >= 11 is 0.420. The lowest BCUT2D eigenvalue weighted by atomic mass is 9.88. The van der Waals surface area contributed by atoms with Crippen molar-refractivity contribution >= 4 is 17.7 Å². The Hall–Kier alpha value is -1.35. The van der Waals surface area contributed by atoms with Gasteiger partial charge in [0, 0.05) is 4.91 Å². The number of allylic oxidation sites excluding steroid dienone is 6. The minimum Gasteiger partial charge on any atom is -0.251 e. The normalized spacial score (nSPS) is 16.1. The number of alkyl halides is 1. The highest BCUT2D eigenvalue weighted by atomic mass is 32.2. The molecule has 0 spiro atoms. The van der Waals surface area contributed by atoms with Crippen LogP contribution in [0, 0.1) is 19.8 Å². The van der Waals surface area contributed by atoms with Crippen molar-refractivity contribution in [3.63, 3.8) is 0 Å². The van der Waals surface area contributed by atoms with Gasteiger partial charge in [-0.3, -0.25) is 4.39 Å². The largest absolute Gasteiger partial charge is 0.251 e. The molecule has 1 aliphatic rings. The topological polar surface area (TPSA) is 0 Å². The van der Waals surface area contributed by atoms with E-state index in [4.69, 9.17) is 0 Å². The van der Waals surface area contributed by atoms with Crippen LogP contribution in [0.25, 0.3) is 5.57 Å². The average Bonchev–Trinajstić information content (AvgIpc) is 2.89. The minimum atomic E-state index is -0.212. The molecule has 0 heterocycles. The first kappa shape index (κ1) is 24.9. The standard InChI is InChI=1S/C27H38F2S/c1-5-11-23(18-22(6-2)12-8-7-9-15-28)19-26-25-17-21(4)20(3)16-24(25)13-10-14-27(26)30-29/h5,11,16-17,19,22H,6-10,12-15,18H2,1-4H3/b11-5-,23-19+. The second-order valence-corrected chi connectivity index (χ2v) is 9.24. The van der Waals surface area contributed by atoms with Gasteiger partial charge in [0.1, 0.15) is 0 Å². The first-order valence-electron chi connectivity index (χ1n) is 11.5. The molecule has 0 radical (unpaired) electrons. The molecule has 0 aliphatic heterocycles. The van der Waals surface area contributed by atoms with E-state index in [0.717, 1.165) is 61.8 Å².